The molecule has 2 aromatic rings. The number of nitrogens with one attached hydrogen (secondary N) is 3. The first kappa shape index (κ1) is 16.2. The van der Waals surface area contributed by atoms with Crippen LogP contribution < -0.4 is 16.0 Å². The molecule has 3 N–H and O–H groups in total. The standard InChI is InChI=1S/C14H17N3O4S/c1-9(2)10-3-5-12(6-4-10)22(20,21)15-8-11-7-13(18)17-14(19)16-11/h3-7,9,15H,8H2,1-2H3,(H2,16,17,18,19). The summed E-state index contributed by atoms with van der Waals surface area (Å²) in [7, 11) is -3.71. The zero-order valence-corrected chi connectivity index (χ0v) is 13.0. The molecule has 0 aliphatic carbocycles. The van der Waals surface area contributed by atoms with E-state index in [1.54, 1.807) is 12.1 Å². The van der Waals surface area contributed by atoms with E-state index in [9.17, 15) is 18.0 Å². The van der Waals surface area contributed by atoms with Crippen LogP contribution in [-0.4, -0.2) is 18.4 Å². The van der Waals surface area contributed by atoms with Gasteiger partial charge in [-0.2, -0.15) is 0 Å². The minimum Gasteiger partial charge on any atom is -0.310 e. The van der Waals surface area contributed by atoms with Gasteiger partial charge in [0.15, 0.2) is 0 Å². The Kier molecular flexibility index (Phi) is 4.62. The third-order valence-corrected chi connectivity index (χ3v) is 4.54. The zero-order valence-electron chi connectivity index (χ0n) is 12.2. The van der Waals surface area contributed by atoms with Gasteiger partial charge in [0.05, 0.1) is 11.4 Å². The van der Waals surface area contributed by atoms with Crippen molar-refractivity contribution in [3.8, 4) is 0 Å². The molecule has 22 heavy (non-hydrogen) atoms. The third-order valence-electron chi connectivity index (χ3n) is 3.13. The van der Waals surface area contributed by atoms with E-state index in [1.165, 1.54) is 12.1 Å². The monoisotopic (exact) mass is 323 g/mol. The molecule has 1 heterocycles. The third kappa shape index (κ3) is 3.92. The first-order valence-corrected chi connectivity index (χ1v) is 8.18. The van der Waals surface area contributed by atoms with Crippen LogP contribution in [0.1, 0.15) is 31.0 Å². The molecule has 0 saturated carbocycles. The molecule has 0 aliphatic heterocycles. The summed E-state index contributed by atoms with van der Waals surface area (Å²) in [6.07, 6.45) is 0. The van der Waals surface area contributed by atoms with Gasteiger partial charge in [-0.15, -0.1) is 0 Å². The maximum atomic E-state index is 12.2. The van der Waals surface area contributed by atoms with E-state index in [4.69, 9.17) is 0 Å². The number of rotatable bonds is 5. The topological polar surface area (TPSA) is 112 Å². The Balaban J connectivity index is 2.17. The summed E-state index contributed by atoms with van der Waals surface area (Å²) >= 11 is 0. The summed E-state index contributed by atoms with van der Waals surface area (Å²) < 4.78 is 26.7. The van der Waals surface area contributed by atoms with Crippen molar-refractivity contribution in [1.29, 1.82) is 0 Å². The van der Waals surface area contributed by atoms with Gasteiger partial charge in [0.2, 0.25) is 10.0 Å². The quantitative estimate of drug-likeness (QED) is 0.750. The smallest absolute Gasteiger partial charge is 0.310 e. The first-order valence-electron chi connectivity index (χ1n) is 6.70. The van der Waals surface area contributed by atoms with Crippen molar-refractivity contribution in [3.05, 3.63) is 62.4 Å². The Morgan fingerprint density at radius 1 is 1.09 bits per heavy atom. The van der Waals surface area contributed by atoms with Crippen LogP contribution in [0.3, 0.4) is 0 Å². The molecule has 7 nitrogen and oxygen atoms in total. The van der Waals surface area contributed by atoms with Gasteiger partial charge in [0, 0.05) is 11.8 Å². The summed E-state index contributed by atoms with van der Waals surface area (Å²) in [6.45, 7) is 3.86. The summed E-state index contributed by atoms with van der Waals surface area (Å²) in [5.74, 6) is 0.311. The van der Waals surface area contributed by atoms with Crippen molar-refractivity contribution in [2.24, 2.45) is 0 Å². The Labute approximate surface area is 127 Å². The molecule has 0 amide bonds. The van der Waals surface area contributed by atoms with Gasteiger partial charge in [-0.25, -0.2) is 17.9 Å². The van der Waals surface area contributed by atoms with Crippen molar-refractivity contribution in [3.63, 3.8) is 0 Å². The van der Waals surface area contributed by atoms with Crippen LogP contribution in [0.25, 0.3) is 0 Å². The number of aromatic nitrogens is 2. The number of H-pyrrole nitrogens is 2. The van der Waals surface area contributed by atoms with Crippen LogP contribution in [0, 0.1) is 0 Å². The molecular weight excluding hydrogens is 306 g/mol. The molecule has 0 unspecified atom stereocenters. The molecule has 0 atom stereocenters. The Bertz CT molecular complexity index is 836. The molecule has 118 valence electrons. The minimum absolute atomic E-state index is 0.129. The lowest BCUT2D eigenvalue weighted by atomic mass is 10.0. The fourth-order valence-corrected chi connectivity index (χ4v) is 2.91. The second kappa shape index (κ2) is 6.29. The predicted octanol–water partition coefficient (Wildman–Crippen LogP) is 0.665. The lowest BCUT2D eigenvalue weighted by Crippen LogP contribution is -2.28. The second-order valence-electron chi connectivity index (χ2n) is 5.16. The highest BCUT2D eigenvalue weighted by Gasteiger charge is 2.14. The van der Waals surface area contributed by atoms with E-state index in [2.05, 4.69) is 9.71 Å². The fourth-order valence-electron chi connectivity index (χ4n) is 1.90. The average molecular weight is 323 g/mol. The first-order chi connectivity index (χ1) is 10.3. The summed E-state index contributed by atoms with van der Waals surface area (Å²) in [5, 5.41) is 0. The molecule has 0 spiro atoms. The van der Waals surface area contributed by atoms with Gasteiger partial charge in [0.1, 0.15) is 0 Å². The molecule has 0 aliphatic rings. The van der Waals surface area contributed by atoms with E-state index >= 15 is 0 Å². The molecule has 1 aromatic carbocycles. The predicted molar refractivity (Wildman–Crippen MR) is 82.2 cm³/mol. The Morgan fingerprint density at radius 2 is 1.73 bits per heavy atom. The molecule has 0 fully saturated rings. The van der Waals surface area contributed by atoms with Crippen LogP contribution in [0.4, 0.5) is 0 Å². The van der Waals surface area contributed by atoms with Crippen LogP contribution in [0.2, 0.25) is 0 Å². The summed E-state index contributed by atoms with van der Waals surface area (Å²) in [4.78, 5) is 26.8. The molecular formula is C14H17N3O4S. The van der Waals surface area contributed by atoms with Crippen molar-refractivity contribution < 1.29 is 8.42 Å². The SMILES string of the molecule is CC(C)c1ccc(S(=O)(=O)NCc2cc(=O)[nH]c(=O)[nH]2)cc1. The van der Waals surface area contributed by atoms with Gasteiger partial charge in [-0.3, -0.25) is 9.78 Å². The fraction of sp³-hybridized carbons (Fsp3) is 0.286. The highest BCUT2D eigenvalue weighted by molar-refractivity contribution is 7.89. The maximum Gasteiger partial charge on any atom is 0.325 e. The molecule has 0 bridgehead atoms. The largest absolute Gasteiger partial charge is 0.325 e. The van der Waals surface area contributed by atoms with E-state index in [0.717, 1.165) is 11.6 Å². The number of benzene rings is 1. The van der Waals surface area contributed by atoms with Crippen molar-refractivity contribution >= 4 is 10.0 Å². The lowest BCUT2D eigenvalue weighted by molar-refractivity contribution is 0.580. The van der Waals surface area contributed by atoms with E-state index in [1.807, 2.05) is 18.8 Å². The molecule has 2 rings (SSSR count). The van der Waals surface area contributed by atoms with E-state index in [0.29, 0.717) is 5.92 Å². The van der Waals surface area contributed by atoms with Crippen LogP contribution in [0.15, 0.2) is 44.8 Å². The minimum atomic E-state index is -3.71. The van der Waals surface area contributed by atoms with E-state index in [-0.39, 0.29) is 17.1 Å². The second-order valence-corrected chi connectivity index (χ2v) is 6.93. The molecule has 1 aromatic heterocycles. The zero-order chi connectivity index (χ0) is 16.3. The van der Waals surface area contributed by atoms with Crippen molar-refractivity contribution in [2.45, 2.75) is 31.2 Å². The van der Waals surface area contributed by atoms with Crippen molar-refractivity contribution in [2.75, 3.05) is 0 Å². The van der Waals surface area contributed by atoms with Crippen molar-refractivity contribution in [1.82, 2.24) is 14.7 Å². The Hall–Kier alpha value is -2.19. The van der Waals surface area contributed by atoms with Gasteiger partial charge < -0.3 is 4.98 Å². The highest BCUT2D eigenvalue weighted by atomic mass is 32.2. The number of hydrogen-bond acceptors (Lipinski definition) is 4. The summed E-state index contributed by atoms with van der Waals surface area (Å²) in [6, 6.07) is 7.70. The van der Waals surface area contributed by atoms with Crippen LogP contribution in [-0.2, 0) is 16.6 Å². The lowest BCUT2D eigenvalue weighted by Gasteiger charge is -2.09. The van der Waals surface area contributed by atoms with Gasteiger partial charge >= 0.3 is 5.69 Å². The number of aromatic amines is 2. The molecule has 0 radical (unpaired) electrons. The number of hydrogen-bond donors (Lipinski definition) is 3. The van der Waals surface area contributed by atoms with Gasteiger partial charge in [-0.05, 0) is 23.6 Å². The Morgan fingerprint density at radius 3 is 2.27 bits per heavy atom. The summed E-state index contributed by atoms with van der Waals surface area (Å²) in [5.41, 5.74) is -0.0313. The van der Waals surface area contributed by atoms with Gasteiger partial charge in [0.25, 0.3) is 5.56 Å². The van der Waals surface area contributed by atoms with Crippen LogP contribution in [0.5, 0.6) is 0 Å². The van der Waals surface area contributed by atoms with E-state index < -0.39 is 21.3 Å². The normalized spacial score (nSPS) is 11.8. The van der Waals surface area contributed by atoms with Gasteiger partial charge in [-0.1, -0.05) is 26.0 Å². The highest BCUT2D eigenvalue weighted by Crippen LogP contribution is 2.17. The number of sulfonamides is 1. The average Bonchev–Trinajstić information content (AvgIpc) is 2.44. The molecule has 0 saturated heterocycles. The van der Waals surface area contributed by atoms with Crippen LogP contribution >= 0.6 is 0 Å². The molecule has 8 heteroatoms. The maximum absolute atomic E-state index is 12.2.